The summed E-state index contributed by atoms with van der Waals surface area (Å²) in [7, 11) is 0. The Hall–Kier alpha value is -9.19. The molecule has 0 unspecified atom stereocenters. The predicted molar refractivity (Wildman–Crippen MR) is 279 cm³/mol. The van der Waals surface area contributed by atoms with Crippen LogP contribution >= 0.6 is 0 Å². The molecule has 0 amide bonds. The SMILES string of the molecule is [2H]c1c([2H])c([2H])c(-c2c([2H])c([2H])c3c(c2[2H])c2c([2H])c([2H])c([2H])c([2H])c2n3-c2ccc(-c3cc(-c4ccccc4)cc(-c4ccccc4)c3)cc2-c2nc(-c3ccccc3)nc(-c3ccc4c(c3)oc3ccccc34)n2)c([2H])c1[2H]. The minimum absolute atomic E-state index is 0.119. The van der Waals surface area contributed by atoms with Gasteiger partial charge in [0.1, 0.15) is 11.2 Å². The van der Waals surface area contributed by atoms with Gasteiger partial charge in [0.2, 0.25) is 0 Å². The summed E-state index contributed by atoms with van der Waals surface area (Å²) in [6.07, 6.45) is 0. The zero-order valence-corrected chi connectivity index (χ0v) is 35.9. The van der Waals surface area contributed by atoms with E-state index in [0.29, 0.717) is 39.2 Å². The Labute approximate surface area is 409 Å². The molecule has 318 valence electrons. The minimum Gasteiger partial charge on any atom is -0.456 e. The van der Waals surface area contributed by atoms with Gasteiger partial charge in [0.15, 0.2) is 17.5 Å². The van der Waals surface area contributed by atoms with Gasteiger partial charge in [-0.15, -0.1) is 0 Å². The maximum Gasteiger partial charge on any atom is 0.166 e. The van der Waals surface area contributed by atoms with Crippen LogP contribution in [-0.4, -0.2) is 19.5 Å². The van der Waals surface area contributed by atoms with Crippen molar-refractivity contribution in [1.82, 2.24) is 19.5 Å². The highest BCUT2D eigenvalue weighted by Crippen LogP contribution is 2.41. The molecule has 0 aliphatic rings. The number of hydrogen-bond donors (Lipinski definition) is 0. The summed E-state index contributed by atoms with van der Waals surface area (Å²) in [6.45, 7) is 0. The molecule has 0 radical (unpaired) electrons. The first-order valence-corrected chi connectivity index (χ1v) is 21.9. The normalized spacial score (nSPS) is 14.0. The Bertz CT molecular complexity index is 4650. The molecule has 0 fully saturated rings. The number of para-hydroxylation sites is 2. The summed E-state index contributed by atoms with van der Waals surface area (Å²) in [5, 5.41) is 1.45. The summed E-state index contributed by atoms with van der Waals surface area (Å²) in [5.74, 6) is 0.674. The van der Waals surface area contributed by atoms with Gasteiger partial charge in [-0.05, 0) is 111 Å². The number of fused-ring (bicyclic) bond motifs is 6. The molecule has 13 aromatic rings. The van der Waals surface area contributed by atoms with E-state index in [2.05, 4.69) is 18.2 Å². The minimum atomic E-state index is -0.713. The Kier molecular flexibility index (Phi) is 6.89. The molecule has 3 heterocycles. The highest BCUT2D eigenvalue weighted by Gasteiger charge is 2.22. The van der Waals surface area contributed by atoms with Gasteiger partial charge in [0, 0.05) is 38.2 Å². The van der Waals surface area contributed by atoms with E-state index in [1.807, 2.05) is 146 Å². The molecule has 0 atom stereocenters. The highest BCUT2D eigenvalue weighted by molar-refractivity contribution is 6.11. The van der Waals surface area contributed by atoms with E-state index >= 15 is 0 Å². The molecule has 13 rings (SSSR count). The summed E-state index contributed by atoms with van der Waals surface area (Å²) < 4.78 is 117. The van der Waals surface area contributed by atoms with Gasteiger partial charge in [-0.2, -0.15) is 0 Å². The van der Waals surface area contributed by atoms with Crippen molar-refractivity contribution in [1.29, 1.82) is 0 Å². The van der Waals surface area contributed by atoms with Crippen LogP contribution in [0.25, 0.3) is 128 Å². The lowest BCUT2D eigenvalue weighted by Crippen LogP contribution is -2.04. The Balaban J connectivity index is 1.16. The van der Waals surface area contributed by atoms with Crippen LogP contribution < -0.4 is 0 Å². The van der Waals surface area contributed by atoms with Crippen LogP contribution in [0.1, 0.15) is 16.4 Å². The number of nitrogens with zero attached hydrogens (tertiary/aromatic N) is 4. The first-order chi connectivity index (χ1) is 38.7. The summed E-state index contributed by atoms with van der Waals surface area (Å²) in [4.78, 5) is 15.5. The largest absolute Gasteiger partial charge is 0.456 e. The third kappa shape index (κ3) is 6.93. The lowest BCUT2D eigenvalue weighted by molar-refractivity contribution is 0.669. The first-order valence-electron chi connectivity index (χ1n) is 27.9. The lowest BCUT2D eigenvalue weighted by Gasteiger charge is -2.17. The van der Waals surface area contributed by atoms with Crippen molar-refractivity contribution >= 4 is 43.7 Å². The Morgan fingerprint density at radius 2 is 0.912 bits per heavy atom. The van der Waals surface area contributed by atoms with Crippen LogP contribution in [0, 0.1) is 0 Å². The second-order valence-electron chi connectivity index (χ2n) is 16.3. The van der Waals surface area contributed by atoms with Gasteiger partial charge in [-0.3, -0.25) is 0 Å². The fraction of sp³-hybridized carbons (Fsp3) is 0. The molecule has 0 N–H and O–H groups in total. The molecule has 10 aromatic carbocycles. The Morgan fingerprint density at radius 1 is 0.338 bits per heavy atom. The van der Waals surface area contributed by atoms with Gasteiger partial charge in [0.05, 0.1) is 33.2 Å². The van der Waals surface area contributed by atoms with E-state index in [4.69, 9.17) is 29.0 Å². The van der Waals surface area contributed by atoms with Gasteiger partial charge in [-0.1, -0.05) is 176 Å². The summed E-state index contributed by atoms with van der Waals surface area (Å²) in [5.41, 5.74) is 7.07. The highest BCUT2D eigenvalue weighted by atomic mass is 16.3. The average molecular weight is 881 g/mol. The van der Waals surface area contributed by atoms with Gasteiger partial charge >= 0.3 is 0 Å². The molecule has 0 spiro atoms. The van der Waals surface area contributed by atoms with Crippen LogP contribution in [0.2, 0.25) is 0 Å². The maximum atomic E-state index is 9.89. The zero-order chi connectivity index (χ0) is 55.4. The van der Waals surface area contributed by atoms with Crippen LogP contribution in [0.5, 0.6) is 0 Å². The van der Waals surface area contributed by atoms with Crippen molar-refractivity contribution in [2.24, 2.45) is 0 Å². The van der Waals surface area contributed by atoms with Crippen molar-refractivity contribution in [3.8, 4) is 84.4 Å². The molecule has 0 saturated carbocycles. The Morgan fingerprint density at radius 3 is 1.65 bits per heavy atom. The smallest absolute Gasteiger partial charge is 0.166 e. The summed E-state index contributed by atoms with van der Waals surface area (Å²) in [6, 6.07) is 46.9. The van der Waals surface area contributed by atoms with E-state index in [1.54, 1.807) is 6.07 Å². The molecule has 0 bridgehead atoms. The summed E-state index contributed by atoms with van der Waals surface area (Å²) >= 11 is 0. The average Bonchev–Trinajstić information content (AvgIpc) is 3.92. The maximum absolute atomic E-state index is 9.89. The monoisotopic (exact) mass is 880 g/mol. The zero-order valence-electron chi connectivity index (χ0n) is 47.9. The van der Waals surface area contributed by atoms with Crippen LogP contribution in [0.3, 0.4) is 0 Å². The number of benzene rings is 10. The third-order valence-corrected chi connectivity index (χ3v) is 12.2. The quantitative estimate of drug-likeness (QED) is 0.153. The van der Waals surface area contributed by atoms with Gasteiger partial charge in [-0.25, -0.2) is 15.0 Å². The fourth-order valence-electron chi connectivity index (χ4n) is 8.94. The topological polar surface area (TPSA) is 56.7 Å². The van der Waals surface area contributed by atoms with Crippen LogP contribution in [-0.2, 0) is 0 Å². The molecule has 68 heavy (non-hydrogen) atoms. The van der Waals surface area contributed by atoms with E-state index < -0.39 is 83.6 Å². The van der Waals surface area contributed by atoms with Crippen molar-refractivity contribution in [3.05, 3.63) is 242 Å². The van der Waals surface area contributed by atoms with Crippen LogP contribution in [0.4, 0.5) is 0 Å². The molecule has 3 aromatic heterocycles. The molecule has 0 aliphatic heterocycles. The molecular weight excluding hydrogens is 829 g/mol. The van der Waals surface area contributed by atoms with Crippen molar-refractivity contribution in [2.75, 3.05) is 0 Å². The van der Waals surface area contributed by atoms with E-state index in [9.17, 15) is 6.85 Å². The molecular formula is C63H40N4O. The first kappa shape index (κ1) is 28.7. The van der Waals surface area contributed by atoms with E-state index in [1.165, 1.54) is 4.57 Å². The van der Waals surface area contributed by atoms with E-state index in [0.717, 1.165) is 38.6 Å². The van der Waals surface area contributed by atoms with Gasteiger partial charge < -0.3 is 8.98 Å². The number of rotatable bonds is 8. The predicted octanol–water partition coefficient (Wildman–Crippen LogP) is 16.5. The van der Waals surface area contributed by atoms with Crippen molar-refractivity contribution < 1.29 is 20.9 Å². The molecule has 0 aliphatic carbocycles. The second kappa shape index (κ2) is 16.4. The second-order valence-corrected chi connectivity index (χ2v) is 16.3. The van der Waals surface area contributed by atoms with Crippen molar-refractivity contribution in [2.45, 2.75) is 0 Å². The number of furan rings is 1. The van der Waals surface area contributed by atoms with Gasteiger partial charge in [0.25, 0.3) is 0 Å². The van der Waals surface area contributed by atoms with E-state index in [-0.39, 0.29) is 39.1 Å². The fourth-order valence-corrected chi connectivity index (χ4v) is 8.94. The number of aromatic nitrogens is 4. The number of hydrogen-bond acceptors (Lipinski definition) is 4. The van der Waals surface area contributed by atoms with Crippen LogP contribution in [0.15, 0.2) is 247 Å². The molecule has 5 nitrogen and oxygen atoms in total. The third-order valence-electron chi connectivity index (χ3n) is 12.2. The lowest BCUT2D eigenvalue weighted by atomic mass is 9.92. The van der Waals surface area contributed by atoms with Crippen molar-refractivity contribution in [3.63, 3.8) is 0 Å². The standard InChI is InChI=1S/C63H40N4O/c1-5-17-41(18-6-1)45-30-33-57-54(38-45)51-25-13-15-27-56(51)67(57)58-34-31-46(50-36-48(42-19-7-2-8-20-42)35-49(37-50)43-21-9-3-10-22-43)39-55(58)63-65-61(44-23-11-4-12-24-44)64-62(66-63)47-29-32-53-52-26-14-16-28-59(52)68-60(53)40-47/h1-40H/i1D,5D,6D,13D,15D,17D,18D,25D,27D,30D,33D,38D. The molecule has 5 heteroatoms. The molecule has 0 saturated heterocycles.